The fourth-order valence-corrected chi connectivity index (χ4v) is 2.55. The van der Waals surface area contributed by atoms with E-state index < -0.39 is 10.9 Å². The van der Waals surface area contributed by atoms with Gasteiger partial charge in [0.25, 0.3) is 10.9 Å². The van der Waals surface area contributed by atoms with Gasteiger partial charge in [-0.3, -0.25) is 9.59 Å². The van der Waals surface area contributed by atoms with Gasteiger partial charge in [0.15, 0.2) is 0 Å². The van der Waals surface area contributed by atoms with Gasteiger partial charge in [-0.25, -0.2) is 4.98 Å². The molecular formula is C21H25N5O2. The normalized spacial score (nSPS) is 12.6. The number of nitrogens with one attached hydrogen (secondary N) is 3. The number of nitrogens with zero attached hydrogens (tertiary/aromatic N) is 2. The van der Waals surface area contributed by atoms with Gasteiger partial charge in [-0.1, -0.05) is 32.9 Å². The molecule has 2 aromatic carbocycles. The van der Waals surface area contributed by atoms with Crippen LogP contribution in [0.4, 0.5) is 28.8 Å². The summed E-state index contributed by atoms with van der Waals surface area (Å²) in [5, 5.41) is 9.25. The van der Waals surface area contributed by atoms with Crippen molar-refractivity contribution >= 4 is 28.8 Å². The maximum atomic E-state index is 12.1. The van der Waals surface area contributed by atoms with Crippen molar-refractivity contribution in [3.05, 3.63) is 62.5 Å². The first-order chi connectivity index (χ1) is 13.1. The van der Waals surface area contributed by atoms with Crippen LogP contribution in [0.3, 0.4) is 0 Å². The number of hydrogen-bond donors (Lipinski definition) is 3. The van der Waals surface area contributed by atoms with Crippen LogP contribution in [0, 0.1) is 12.3 Å². The van der Waals surface area contributed by atoms with Crippen molar-refractivity contribution in [1.29, 1.82) is 0 Å². The van der Waals surface area contributed by atoms with Gasteiger partial charge in [0.05, 0.1) is 0 Å². The summed E-state index contributed by atoms with van der Waals surface area (Å²) < 4.78 is 0. The van der Waals surface area contributed by atoms with Crippen LogP contribution < -0.4 is 26.8 Å². The molecular weight excluding hydrogens is 354 g/mol. The Morgan fingerprint density at radius 3 is 2.39 bits per heavy atom. The third kappa shape index (κ3) is 4.19. The van der Waals surface area contributed by atoms with Gasteiger partial charge in [0.1, 0.15) is 17.2 Å². The molecule has 1 atom stereocenters. The summed E-state index contributed by atoms with van der Waals surface area (Å²) >= 11 is 0. The Morgan fingerprint density at radius 2 is 1.71 bits per heavy atom. The van der Waals surface area contributed by atoms with Gasteiger partial charge in [-0.15, -0.1) is 0 Å². The van der Waals surface area contributed by atoms with Gasteiger partial charge in [0.2, 0.25) is 5.95 Å². The number of aryl methyl sites for hydroxylation is 1. The molecule has 7 nitrogen and oxygen atoms in total. The van der Waals surface area contributed by atoms with E-state index >= 15 is 0 Å². The smallest absolute Gasteiger partial charge is 0.253 e. The van der Waals surface area contributed by atoms with Crippen LogP contribution in [0.2, 0.25) is 0 Å². The SMILES string of the molecule is Cc1cccc(Nc2nccc(Nc3c(N[C@H](C)C(C)(C)C)c(=O)c3=O)n2)c1. The lowest BCUT2D eigenvalue weighted by atomic mass is 9.87. The van der Waals surface area contributed by atoms with Gasteiger partial charge < -0.3 is 16.0 Å². The molecule has 0 unspecified atom stereocenters. The van der Waals surface area contributed by atoms with Gasteiger partial charge in [-0.05, 0) is 43.0 Å². The second kappa shape index (κ2) is 7.42. The van der Waals surface area contributed by atoms with Crippen molar-refractivity contribution in [2.24, 2.45) is 5.41 Å². The summed E-state index contributed by atoms with van der Waals surface area (Å²) in [7, 11) is 0. The van der Waals surface area contributed by atoms with Crippen molar-refractivity contribution in [2.45, 2.75) is 40.7 Å². The van der Waals surface area contributed by atoms with E-state index in [9.17, 15) is 9.59 Å². The average Bonchev–Trinajstić information content (AvgIpc) is 2.63. The number of anilines is 5. The highest BCUT2D eigenvalue weighted by molar-refractivity contribution is 5.78. The van der Waals surface area contributed by atoms with E-state index in [4.69, 9.17) is 0 Å². The molecule has 3 rings (SSSR count). The van der Waals surface area contributed by atoms with E-state index in [0.29, 0.717) is 17.5 Å². The molecule has 0 aliphatic rings. The quantitative estimate of drug-likeness (QED) is 0.562. The Kier molecular flexibility index (Phi) is 5.18. The molecule has 0 aliphatic carbocycles. The first-order valence-electron chi connectivity index (χ1n) is 9.19. The third-order valence-corrected chi connectivity index (χ3v) is 4.75. The van der Waals surface area contributed by atoms with E-state index in [2.05, 4.69) is 46.7 Å². The highest BCUT2D eigenvalue weighted by atomic mass is 16.2. The van der Waals surface area contributed by atoms with Crippen LogP contribution in [0.1, 0.15) is 33.3 Å². The topological polar surface area (TPSA) is 96.0 Å². The maximum absolute atomic E-state index is 12.1. The van der Waals surface area contributed by atoms with Crippen molar-refractivity contribution in [3.63, 3.8) is 0 Å². The zero-order valence-corrected chi connectivity index (χ0v) is 16.8. The average molecular weight is 379 g/mol. The number of benzene rings is 1. The molecule has 0 saturated heterocycles. The van der Waals surface area contributed by atoms with Crippen molar-refractivity contribution in [2.75, 3.05) is 16.0 Å². The Labute approximate surface area is 163 Å². The molecule has 1 heterocycles. The maximum Gasteiger partial charge on any atom is 0.253 e. The summed E-state index contributed by atoms with van der Waals surface area (Å²) in [6, 6.07) is 9.51. The minimum Gasteiger partial charge on any atom is -0.377 e. The molecule has 0 spiro atoms. The van der Waals surface area contributed by atoms with Crippen molar-refractivity contribution in [3.8, 4) is 0 Å². The van der Waals surface area contributed by atoms with Crippen LogP contribution in [0.5, 0.6) is 0 Å². The standard InChI is InChI=1S/C21H25N5O2/c1-12-7-6-8-14(11-12)24-20-22-10-9-15(26-20)25-17-16(18(27)19(17)28)23-13(2)21(3,4)5/h6-11,13,23H,1-5H3,(H2,22,24,25,26)/t13-/m1/s1. The van der Waals surface area contributed by atoms with Crippen LogP contribution in [0.25, 0.3) is 0 Å². The Morgan fingerprint density at radius 1 is 1.00 bits per heavy atom. The molecule has 3 N–H and O–H groups in total. The summed E-state index contributed by atoms with van der Waals surface area (Å²) in [5.74, 6) is 0.829. The largest absolute Gasteiger partial charge is 0.377 e. The summed E-state index contributed by atoms with van der Waals surface area (Å²) in [4.78, 5) is 32.6. The van der Waals surface area contributed by atoms with E-state index in [1.807, 2.05) is 38.1 Å². The molecule has 3 aromatic rings. The van der Waals surface area contributed by atoms with E-state index in [1.165, 1.54) is 0 Å². The Balaban J connectivity index is 1.79. The minimum atomic E-state index is -0.546. The predicted molar refractivity (Wildman–Crippen MR) is 114 cm³/mol. The minimum absolute atomic E-state index is 0.0142. The molecule has 0 radical (unpaired) electrons. The fourth-order valence-electron chi connectivity index (χ4n) is 2.55. The van der Waals surface area contributed by atoms with E-state index in [0.717, 1.165) is 11.3 Å². The van der Waals surface area contributed by atoms with E-state index in [1.54, 1.807) is 12.3 Å². The molecule has 28 heavy (non-hydrogen) atoms. The third-order valence-electron chi connectivity index (χ3n) is 4.75. The van der Waals surface area contributed by atoms with Gasteiger partial charge in [-0.2, -0.15) is 4.98 Å². The summed E-state index contributed by atoms with van der Waals surface area (Å²) in [5.41, 5.74) is 1.41. The molecule has 146 valence electrons. The Hall–Kier alpha value is -3.22. The van der Waals surface area contributed by atoms with Crippen LogP contribution in [-0.4, -0.2) is 16.0 Å². The molecule has 0 amide bonds. The fraction of sp³-hybridized carbons (Fsp3) is 0.333. The molecule has 7 heteroatoms. The first-order valence-corrected chi connectivity index (χ1v) is 9.19. The van der Waals surface area contributed by atoms with Crippen LogP contribution in [-0.2, 0) is 0 Å². The molecule has 0 bridgehead atoms. The monoisotopic (exact) mass is 379 g/mol. The summed E-state index contributed by atoms with van der Waals surface area (Å²) in [6.45, 7) is 10.2. The Bertz CT molecular complexity index is 1060. The molecule has 0 fully saturated rings. The predicted octanol–water partition coefficient (Wildman–Crippen LogP) is 3.71. The highest BCUT2D eigenvalue weighted by Gasteiger charge is 2.27. The summed E-state index contributed by atoms with van der Waals surface area (Å²) in [6.07, 6.45) is 1.59. The van der Waals surface area contributed by atoms with Crippen molar-refractivity contribution < 1.29 is 0 Å². The van der Waals surface area contributed by atoms with Crippen molar-refractivity contribution in [1.82, 2.24) is 9.97 Å². The van der Waals surface area contributed by atoms with Gasteiger partial charge >= 0.3 is 0 Å². The lowest BCUT2D eigenvalue weighted by Gasteiger charge is -2.30. The van der Waals surface area contributed by atoms with E-state index in [-0.39, 0.29) is 17.1 Å². The van der Waals surface area contributed by atoms with Crippen LogP contribution in [0.15, 0.2) is 46.1 Å². The zero-order valence-electron chi connectivity index (χ0n) is 16.8. The number of rotatable bonds is 6. The lowest BCUT2D eigenvalue weighted by molar-refractivity contribution is 0.359. The molecule has 0 aliphatic heterocycles. The van der Waals surface area contributed by atoms with Crippen LogP contribution >= 0.6 is 0 Å². The number of hydrogen-bond acceptors (Lipinski definition) is 7. The molecule has 0 saturated carbocycles. The zero-order chi connectivity index (χ0) is 20.5. The lowest BCUT2D eigenvalue weighted by Crippen LogP contribution is -2.41. The second-order valence-corrected chi connectivity index (χ2v) is 8.03. The van der Waals surface area contributed by atoms with Gasteiger partial charge in [0, 0.05) is 17.9 Å². The molecule has 1 aromatic heterocycles. The second-order valence-electron chi connectivity index (χ2n) is 8.03. The first kappa shape index (κ1) is 19.5. The highest BCUT2D eigenvalue weighted by Crippen LogP contribution is 2.26. The number of aromatic nitrogens is 2.